The maximum atomic E-state index is 4.03. The van der Waals surface area contributed by atoms with Crippen molar-refractivity contribution in [1.29, 1.82) is 0 Å². The van der Waals surface area contributed by atoms with Gasteiger partial charge in [0.1, 0.15) is 0 Å². The van der Waals surface area contributed by atoms with Gasteiger partial charge in [-0.05, 0) is 143 Å². The van der Waals surface area contributed by atoms with E-state index in [1.165, 1.54) is 82.1 Å². The van der Waals surface area contributed by atoms with Gasteiger partial charge in [-0.2, -0.15) is 0 Å². The Morgan fingerprint density at radius 2 is 1.27 bits per heavy atom. The van der Waals surface area contributed by atoms with Crippen LogP contribution in [0.5, 0.6) is 0 Å². The zero-order valence-corrected chi connectivity index (χ0v) is 30.0. The number of allylic oxidation sites excluding steroid dienone is 5. The number of hydrogen-bond acceptors (Lipinski definition) is 1. The average Bonchev–Trinajstić information content (AvgIpc) is 3.48. The van der Waals surface area contributed by atoms with E-state index in [4.69, 9.17) is 0 Å². The van der Waals surface area contributed by atoms with Gasteiger partial charge in [-0.3, -0.25) is 0 Å². The van der Waals surface area contributed by atoms with E-state index < -0.39 is 0 Å². The quantitative estimate of drug-likeness (QED) is 0.153. The summed E-state index contributed by atoms with van der Waals surface area (Å²) in [5, 5.41) is 2.51. The molecular formula is C51H45N. The molecule has 52 heavy (non-hydrogen) atoms. The normalized spacial score (nSPS) is 24.1. The molecule has 0 aromatic heterocycles. The van der Waals surface area contributed by atoms with Gasteiger partial charge in [-0.15, -0.1) is 0 Å². The Labute approximate surface area is 308 Å². The van der Waals surface area contributed by atoms with E-state index in [-0.39, 0.29) is 5.41 Å². The van der Waals surface area contributed by atoms with Crippen LogP contribution in [0.15, 0.2) is 164 Å². The maximum absolute atomic E-state index is 4.03. The molecule has 6 aromatic rings. The monoisotopic (exact) mass is 671 g/mol. The fraction of sp³-hybridized carbons (Fsp3) is 0.216. The molecule has 4 saturated carbocycles. The van der Waals surface area contributed by atoms with Crippen LogP contribution >= 0.6 is 0 Å². The van der Waals surface area contributed by atoms with Gasteiger partial charge >= 0.3 is 0 Å². The lowest BCUT2D eigenvalue weighted by Gasteiger charge is -2.61. The second kappa shape index (κ2) is 12.4. The van der Waals surface area contributed by atoms with Crippen LogP contribution in [0.2, 0.25) is 0 Å². The van der Waals surface area contributed by atoms with E-state index in [1.54, 1.807) is 11.1 Å². The number of benzene rings is 6. The zero-order chi connectivity index (χ0) is 34.8. The van der Waals surface area contributed by atoms with Gasteiger partial charge in [0, 0.05) is 22.2 Å². The van der Waals surface area contributed by atoms with Crippen LogP contribution in [0.4, 0.5) is 17.1 Å². The van der Waals surface area contributed by atoms with Gasteiger partial charge < -0.3 is 4.90 Å². The SMILES string of the molecule is C=C/C(=C\C=C/C)c1ccc(-c2ccc(N(c3ccc4c(c3)-c3ccccc3C43C4CC5CC(C4)CC3C5)c3cccc4ccccc34)cc2)cc1. The first kappa shape index (κ1) is 31.3. The first-order valence-corrected chi connectivity index (χ1v) is 19.3. The van der Waals surface area contributed by atoms with Crippen molar-refractivity contribution < 1.29 is 0 Å². The van der Waals surface area contributed by atoms with Crippen molar-refractivity contribution >= 4 is 33.4 Å². The van der Waals surface area contributed by atoms with E-state index in [0.29, 0.717) is 0 Å². The second-order valence-corrected chi connectivity index (χ2v) is 15.8. The molecule has 1 nitrogen and oxygen atoms in total. The molecule has 1 heteroatoms. The van der Waals surface area contributed by atoms with Gasteiger partial charge in [0.2, 0.25) is 0 Å². The van der Waals surface area contributed by atoms with Crippen molar-refractivity contribution in [1.82, 2.24) is 0 Å². The van der Waals surface area contributed by atoms with Crippen LogP contribution < -0.4 is 4.90 Å². The summed E-state index contributed by atoms with van der Waals surface area (Å²) >= 11 is 0. The molecular weight excluding hydrogens is 627 g/mol. The molecule has 4 bridgehead atoms. The summed E-state index contributed by atoms with van der Waals surface area (Å²) in [7, 11) is 0. The van der Waals surface area contributed by atoms with Crippen LogP contribution in [0.1, 0.15) is 55.7 Å². The summed E-state index contributed by atoms with van der Waals surface area (Å²) in [6.45, 7) is 6.06. The standard InChI is InChI=1S/C51H45N/c1-3-5-11-36(4-2)37-18-20-38(21-19-37)39-22-24-43(25-23-39)52(50-17-10-13-40-12-6-7-14-45(40)50)44-26-27-49-47(33-44)46-15-8-9-16-48(46)51(49)41-29-34-28-35(31-41)32-42(51)30-34/h3-27,33-35,41-42H,2,28-32H2,1H3/b5-3-,36-11+. The highest BCUT2D eigenvalue weighted by Gasteiger charge is 2.61. The number of nitrogens with zero attached hydrogens (tertiary/aromatic N) is 1. The minimum absolute atomic E-state index is 0.175. The molecule has 6 aromatic carbocycles. The van der Waals surface area contributed by atoms with Crippen LogP contribution in [0.3, 0.4) is 0 Å². The Balaban J connectivity index is 1.09. The third-order valence-electron chi connectivity index (χ3n) is 13.2. The molecule has 4 fully saturated rings. The molecule has 1 spiro atoms. The molecule has 0 amide bonds. The summed E-state index contributed by atoms with van der Waals surface area (Å²) in [4.78, 5) is 2.49. The van der Waals surface area contributed by atoms with Crippen LogP contribution in [0, 0.1) is 23.7 Å². The Kier molecular flexibility index (Phi) is 7.46. The topological polar surface area (TPSA) is 3.24 Å². The summed E-state index contributed by atoms with van der Waals surface area (Å²) in [5.41, 5.74) is 14.6. The average molecular weight is 672 g/mol. The predicted octanol–water partition coefficient (Wildman–Crippen LogP) is 13.8. The summed E-state index contributed by atoms with van der Waals surface area (Å²) in [6.07, 6.45) is 15.2. The van der Waals surface area contributed by atoms with E-state index in [0.717, 1.165) is 34.9 Å². The molecule has 5 aliphatic rings. The fourth-order valence-electron chi connectivity index (χ4n) is 11.3. The van der Waals surface area contributed by atoms with Gasteiger partial charge in [0.05, 0.1) is 5.69 Å². The van der Waals surface area contributed by atoms with E-state index in [1.807, 2.05) is 19.1 Å². The Morgan fingerprint density at radius 3 is 2.00 bits per heavy atom. The first-order valence-electron chi connectivity index (χ1n) is 19.3. The van der Waals surface area contributed by atoms with Crippen molar-refractivity contribution in [2.45, 2.75) is 44.4 Å². The maximum Gasteiger partial charge on any atom is 0.0540 e. The van der Waals surface area contributed by atoms with Crippen molar-refractivity contribution in [3.63, 3.8) is 0 Å². The van der Waals surface area contributed by atoms with Gasteiger partial charge in [-0.1, -0.05) is 134 Å². The highest BCUT2D eigenvalue weighted by Crippen LogP contribution is 2.69. The Hall–Kier alpha value is -5.40. The van der Waals surface area contributed by atoms with Crippen LogP contribution in [-0.4, -0.2) is 0 Å². The van der Waals surface area contributed by atoms with Gasteiger partial charge in [0.25, 0.3) is 0 Å². The molecule has 0 heterocycles. The largest absolute Gasteiger partial charge is 0.310 e. The Morgan fingerprint density at radius 1 is 0.635 bits per heavy atom. The second-order valence-electron chi connectivity index (χ2n) is 15.8. The molecule has 0 unspecified atom stereocenters. The van der Waals surface area contributed by atoms with Crippen molar-refractivity contribution in [2.75, 3.05) is 4.90 Å². The lowest BCUT2D eigenvalue weighted by atomic mass is 9.43. The lowest BCUT2D eigenvalue weighted by molar-refractivity contribution is -0.0399. The molecule has 0 aliphatic heterocycles. The minimum Gasteiger partial charge on any atom is -0.310 e. The predicted molar refractivity (Wildman–Crippen MR) is 220 cm³/mol. The highest BCUT2D eigenvalue weighted by molar-refractivity contribution is 5.99. The first-order chi connectivity index (χ1) is 25.6. The molecule has 5 aliphatic carbocycles. The molecule has 254 valence electrons. The summed E-state index contributed by atoms with van der Waals surface area (Å²) in [5.74, 6) is 3.41. The number of hydrogen-bond donors (Lipinski definition) is 0. The van der Waals surface area contributed by atoms with Gasteiger partial charge in [-0.25, -0.2) is 0 Å². The van der Waals surface area contributed by atoms with Crippen molar-refractivity contribution in [3.05, 3.63) is 181 Å². The molecule has 0 saturated heterocycles. The van der Waals surface area contributed by atoms with E-state index in [2.05, 4.69) is 157 Å². The zero-order valence-electron chi connectivity index (χ0n) is 30.0. The summed E-state index contributed by atoms with van der Waals surface area (Å²) < 4.78 is 0. The van der Waals surface area contributed by atoms with Gasteiger partial charge in [0.15, 0.2) is 0 Å². The van der Waals surface area contributed by atoms with Crippen LogP contribution in [-0.2, 0) is 5.41 Å². The third-order valence-corrected chi connectivity index (χ3v) is 13.2. The lowest BCUT2D eigenvalue weighted by Crippen LogP contribution is -2.55. The number of fused-ring (bicyclic) bond motifs is 4. The van der Waals surface area contributed by atoms with E-state index in [9.17, 15) is 0 Å². The van der Waals surface area contributed by atoms with Crippen molar-refractivity contribution in [2.24, 2.45) is 23.7 Å². The number of anilines is 3. The Bertz CT molecular complexity index is 2350. The summed E-state index contributed by atoms with van der Waals surface area (Å²) in [6, 6.07) is 50.5. The van der Waals surface area contributed by atoms with E-state index >= 15 is 0 Å². The molecule has 0 N–H and O–H groups in total. The van der Waals surface area contributed by atoms with Crippen molar-refractivity contribution in [3.8, 4) is 22.3 Å². The third kappa shape index (κ3) is 4.75. The minimum atomic E-state index is 0.175. The molecule has 0 atom stereocenters. The van der Waals surface area contributed by atoms with Crippen LogP contribution in [0.25, 0.3) is 38.6 Å². The molecule has 11 rings (SSSR count). The highest BCUT2D eigenvalue weighted by atomic mass is 15.1. The fourth-order valence-corrected chi connectivity index (χ4v) is 11.3. The molecule has 0 radical (unpaired) electrons. The number of rotatable bonds is 7. The smallest absolute Gasteiger partial charge is 0.0540 e.